The van der Waals surface area contributed by atoms with Gasteiger partial charge in [-0.2, -0.15) is 0 Å². The zero-order chi connectivity index (χ0) is 28.5. The lowest BCUT2D eigenvalue weighted by Gasteiger charge is -2.39. The van der Waals surface area contributed by atoms with Gasteiger partial charge >= 0.3 is 0 Å². The van der Waals surface area contributed by atoms with Crippen LogP contribution < -0.4 is 10.5 Å². The Morgan fingerprint density at radius 2 is 1.64 bits per heavy atom. The smallest absolute Gasteiger partial charge is 0.258 e. The van der Waals surface area contributed by atoms with Crippen LogP contribution in [0.4, 0.5) is 5.69 Å². The molecule has 1 saturated heterocycles. The number of fused-ring (bicyclic) bond motifs is 5. The van der Waals surface area contributed by atoms with Crippen molar-refractivity contribution in [3.8, 4) is 0 Å². The van der Waals surface area contributed by atoms with Crippen molar-refractivity contribution in [1.29, 1.82) is 0 Å². The van der Waals surface area contributed by atoms with Crippen LogP contribution >= 0.6 is 0 Å². The number of hydrogen-bond acceptors (Lipinski definition) is 4. The van der Waals surface area contributed by atoms with Gasteiger partial charge in [0.2, 0.25) is 0 Å². The predicted molar refractivity (Wildman–Crippen MR) is 172 cm³/mol. The Balaban J connectivity index is 0.000000220. The predicted octanol–water partition coefficient (Wildman–Crippen LogP) is 7.30. The first kappa shape index (κ1) is 26.4. The number of nitrogens with zero attached hydrogens (tertiary/aromatic N) is 2. The summed E-state index contributed by atoms with van der Waals surface area (Å²) in [7, 11) is 0. The number of piperidine rings is 1. The van der Waals surface area contributed by atoms with Crippen LogP contribution in [-0.4, -0.2) is 28.2 Å². The molecule has 5 aromatic rings. The number of para-hydroxylation sites is 1. The topological polar surface area (TPSA) is 69.2 Å². The Bertz CT molecular complexity index is 1870. The van der Waals surface area contributed by atoms with Gasteiger partial charge in [-0.3, -0.25) is 4.79 Å². The summed E-state index contributed by atoms with van der Waals surface area (Å²) in [4.78, 5) is 20.0. The summed E-state index contributed by atoms with van der Waals surface area (Å²) < 4.78 is 0. The Kier molecular flexibility index (Phi) is 6.96. The van der Waals surface area contributed by atoms with Crippen LogP contribution in [0.5, 0.6) is 0 Å². The van der Waals surface area contributed by atoms with Crippen molar-refractivity contribution < 1.29 is 5.11 Å². The molecule has 3 aliphatic rings. The van der Waals surface area contributed by atoms with E-state index in [1.165, 1.54) is 58.7 Å². The SMILES string of the molecule is O=c1[nH]cnc2ccccc12.OC1(c2ccccc2)CCN(c2ccc3c4c(ccc3c2)C2=C(CCC=C2)CC4)CC1. The van der Waals surface area contributed by atoms with Gasteiger partial charge in [0, 0.05) is 18.8 Å². The number of allylic oxidation sites excluding steroid dienone is 4. The second-order valence-electron chi connectivity index (χ2n) is 11.6. The minimum absolute atomic E-state index is 0.0874. The number of rotatable bonds is 2. The number of nitrogens with one attached hydrogen (secondary N) is 1. The first-order chi connectivity index (χ1) is 20.6. The lowest BCUT2D eigenvalue weighted by atomic mass is 9.79. The molecule has 2 heterocycles. The Morgan fingerprint density at radius 1 is 0.833 bits per heavy atom. The number of aromatic nitrogens is 2. The summed E-state index contributed by atoms with van der Waals surface area (Å²) in [5.41, 5.74) is 8.36. The van der Waals surface area contributed by atoms with Crippen LogP contribution in [0.3, 0.4) is 0 Å². The molecule has 0 unspecified atom stereocenters. The molecule has 4 aromatic carbocycles. The van der Waals surface area contributed by atoms with E-state index in [0.29, 0.717) is 5.39 Å². The number of H-pyrrole nitrogens is 1. The normalized spacial score (nSPS) is 17.4. The Hall–Kier alpha value is -4.48. The lowest BCUT2D eigenvalue weighted by molar-refractivity contribution is 0.0118. The van der Waals surface area contributed by atoms with E-state index in [9.17, 15) is 9.90 Å². The summed E-state index contributed by atoms with van der Waals surface area (Å²) in [6.45, 7) is 1.76. The zero-order valence-corrected chi connectivity index (χ0v) is 23.7. The van der Waals surface area contributed by atoms with Crippen molar-refractivity contribution >= 4 is 32.9 Å². The Labute approximate surface area is 245 Å². The highest BCUT2D eigenvalue weighted by atomic mass is 16.3. The van der Waals surface area contributed by atoms with Gasteiger partial charge in [0.1, 0.15) is 0 Å². The quantitative estimate of drug-likeness (QED) is 0.241. The number of aliphatic hydroxyl groups is 1. The van der Waals surface area contributed by atoms with Gasteiger partial charge in [-0.05, 0) is 95.8 Å². The van der Waals surface area contributed by atoms with E-state index in [4.69, 9.17) is 0 Å². The van der Waals surface area contributed by atoms with E-state index in [-0.39, 0.29) is 5.56 Å². The summed E-state index contributed by atoms with van der Waals surface area (Å²) in [6.07, 6.45) is 12.4. The summed E-state index contributed by atoms with van der Waals surface area (Å²) >= 11 is 0. The van der Waals surface area contributed by atoms with Gasteiger partial charge in [0.25, 0.3) is 5.56 Å². The monoisotopic (exact) mass is 553 g/mol. The highest BCUT2D eigenvalue weighted by molar-refractivity contribution is 5.95. The molecule has 0 radical (unpaired) electrons. The number of aryl methyl sites for hydroxylation is 1. The molecule has 0 bridgehead atoms. The molecular weight excluding hydrogens is 518 g/mol. The standard InChI is InChI=1S/C29H29NO.C8H6N2O/c31-29(23-7-2-1-3-8-23)16-18-30(19-17-29)24-12-15-26-22(20-24)11-14-27-25-9-5-4-6-21(25)10-13-28(26)27;11-8-6-3-1-2-4-7(6)9-5-10-8/h1-3,5,7-9,11-12,14-15,20,31H,4,6,10,13,16-19H2;1-5H,(H,9,10,11). The van der Waals surface area contributed by atoms with E-state index in [0.717, 1.165) is 43.4 Å². The second kappa shape index (κ2) is 11.1. The number of anilines is 1. The van der Waals surface area contributed by atoms with Crippen molar-refractivity contribution in [3.63, 3.8) is 0 Å². The fourth-order valence-electron chi connectivity index (χ4n) is 6.82. The number of aromatic amines is 1. The van der Waals surface area contributed by atoms with Crippen LogP contribution in [0.25, 0.3) is 27.2 Å². The van der Waals surface area contributed by atoms with Gasteiger partial charge in [-0.1, -0.05) is 78.4 Å². The van der Waals surface area contributed by atoms with Crippen LogP contribution in [0.1, 0.15) is 48.8 Å². The molecule has 5 nitrogen and oxygen atoms in total. The molecule has 0 amide bonds. The highest BCUT2D eigenvalue weighted by Crippen LogP contribution is 2.41. The second-order valence-corrected chi connectivity index (χ2v) is 11.6. The molecule has 2 N–H and O–H groups in total. The van der Waals surface area contributed by atoms with E-state index in [2.05, 4.69) is 69.5 Å². The van der Waals surface area contributed by atoms with Gasteiger partial charge in [0.05, 0.1) is 22.8 Å². The summed E-state index contributed by atoms with van der Waals surface area (Å²) in [5, 5.41) is 14.5. The zero-order valence-electron chi connectivity index (χ0n) is 23.7. The molecule has 5 heteroatoms. The first-order valence-electron chi connectivity index (χ1n) is 15.0. The van der Waals surface area contributed by atoms with Crippen LogP contribution in [-0.2, 0) is 12.0 Å². The van der Waals surface area contributed by atoms with E-state index >= 15 is 0 Å². The van der Waals surface area contributed by atoms with Crippen molar-refractivity contribution in [3.05, 3.63) is 136 Å². The van der Waals surface area contributed by atoms with Crippen molar-refractivity contribution in [1.82, 2.24) is 9.97 Å². The van der Waals surface area contributed by atoms with Gasteiger partial charge < -0.3 is 15.0 Å². The maximum atomic E-state index is 11.2. The highest BCUT2D eigenvalue weighted by Gasteiger charge is 2.34. The average molecular weight is 554 g/mol. The van der Waals surface area contributed by atoms with Gasteiger partial charge in [0.15, 0.2) is 0 Å². The lowest BCUT2D eigenvalue weighted by Crippen LogP contribution is -2.42. The molecule has 0 atom stereocenters. The summed E-state index contributed by atoms with van der Waals surface area (Å²) in [5.74, 6) is 0. The average Bonchev–Trinajstić information content (AvgIpc) is 3.05. The summed E-state index contributed by atoms with van der Waals surface area (Å²) in [6, 6.07) is 29.0. The van der Waals surface area contributed by atoms with Gasteiger partial charge in [-0.25, -0.2) is 4.98 Å². The minimum Gasteiger partial charge on any atom is -0.385 e. The van der Waals surface area contributed by atoms with Crippen molar-refractivity contribution in [2.45, 2.75) is 44.1 Å². The van der Waals surface area contributed by atoms with Gasteiger partial charge in [-0.15, -0.1) is 0 Å². The molecule has 42 heavy (non-hydrogen) atoms. The molecule has 1 aromatic heterocycles. The molecule has 8 rings (SSSR count). The Morgan fingerprint density at radius 3 is 2.48 bits per heavy atom. The molecule has 2 aliphatic carbocycles. The molecule has 1 fully saturated rings. The number of benzene rings is 4. The van der Waals surface area contributed by atoms with Crippen molar-refractivity contribution in [2.24, 2.45) is 0 Å². The van der Waals surface area contributed by atoms with Crippen LogP contribution in [0, 0.1) is 0 Å². The third kappa shape index (κ3) is 4.94. The maximum absolute atomic E-state index is 11.2. The van der Waals surface area contributed by atoms with Crippen LogP contribution in [0.15, 0.2) is 114 Å². The third-order valence-electron chi connectivity index (χ3n) is 9.17. The molecule has 0 spiro atoms. The fourth-order valence-corrected chi connectivity index (χ4v) is 6.82. The molecule has 1 aliphatic heterocycles. The molecule has 210 valence electrons. The van der Waals surface area contributed by atoms with E-state index in [1.807, 2.05) is 36.4 Å². The third-order valence-corrected chi connectivity index (χ3v) is 9.17. The van der Waals surface area contributed by atoms with Crippen LogP contribution in [0.2, 0.25) is 0 Å². The molecular formula is C37H35N3O2. The van der Waals surface area contributed by atoms with E-state index in [1.54, 1.807) is 11.6 Å². The first-order valence-corrected chi connectivity index (χ1v) is 15.0. The largest absolute Gasteiger partial charge is 0.385 e. The van der Waals surface area contributed by atoms with Crippen molar-refractivity contribution in [2.75, 3.05) is 18.0 Å². The minimum atomic E-state index is -0.702. The maximum Gasteiger partial charge on any atom is 0.258 e. The number of hydrogen-bond donors (Lipinski definition) is 2. The molecule has 0 saturated carbocycles. The fraction of sp³-hybridized carbons (Fsp3) is 0.243. The van der Waals surface area contributed by atoms with E-state index < -0.39 is 5.60 Å².